The highest BCUT2D eigenvalue weighted by atomic mass is 32.2. The molecule has 2 heterocycles. The first kappa shape index (κ1) is 14.9. The number of oxazole rings is 2. The summed E-state index contributed by atoms with van der Waals surface area (Å²) in [5.74, 6) is 0.804. The second-order valence-electron chi connectivity index (χ2n) is 5.47. The molecule has 0 unspecified atom stereocenters. The molecule has 0 radical (unpaired) electrons. The first-order valence-corrected chi connectivity index (χ1v) is 8.55. The van der Waals surface area contributed by atoms with Crippen LogP contribution in [0.15, 0.2) is 50.1 Å². The summed E-state index contributed by atoms with van der Waals surface area (Å²) in [5, 5.41) is 0. The first-order chi connectivity index (χ1) is 11.4. The van der Waals surface area contributed by atoms with Gasteiger partial charge in [0.2, 0.25) is 11.8 Å². The molecule has 0 spiro atoms. The van der Waals surface area contributed by atoms with Crippen LogP contribution in [0.1, 0.15) is 17.3 Å². The van der Waals surface area contributed by atoms with Crippen LogP contribution in [0.25, 0.3) is 22.2 Å². The highest BCUT2D eigenvalue weighted by Crippen LogP contribution is 2.23. The second-order valence-corrected chi connectivity index (χ2v) is 6.89. The third-order valence-electron chi connectivity index (χ3n) is 3.59. The molecule has 4 rings (SSSR count). The van der Waals surface area contributed by atoms with E-state index in [0.29, 0.717) is 28.5 Å². The van der Waals surface area contributed by atoms with E-state index in [1.54, 1.807) is 0 Å². The lowest BCUT2D eigenvalue weighted by Crippen LogP contribution is -1.97. The van der Waals surface area contributed by atoms with Crippen LogP contribution in [0.4, 0.5) is 0 Å². The minimum atomic E-state index is -4.28. The zero-order valence-corrected chi connectivity index (χ0v) is 13.4. The molecule has 4 aromatic rings. The Kier molecular flexibility index (Phi) is 3.19. The van der Waals surface area contributed by atoms with E-state index in [0.717, 1.165) is 11.1 Å². The Balaban J connectivity index is 1.70. The Morgan fingerprint density at radius 3 is 2.17 bits per heavy atom. The Morgan fingerprint density at radius 1 is 0.958 bits per heavy atom. The molecule has 24 heavy (non-hydrogen) atoms. The topological polar surface area (TPSA) is 106 Å². The average molecular weight is 344 g/mol. The molecular formula is C16H12N2O5S. The summed E-state index contributed by atoms with van der Waals surface area (Å²) >= 11 is 0. The summed E-state index contributed by atoms with van der Waals surface area (Å²) < 4.78 is 42.7. The lowest BCUT2D eigenvalue weighted by Gasteiger charge is -1.94. The summed E-state index contributed by atoms with van der Waals surface area (Å²) in [6.45, 7) is 1.97. The summed E-state index contributed by atoms with van der Waals surface area (Å²) in [7, 11) is -4.28. The van der Waals surface area contributed by atoms with Crippen LogP contribution in [0.2, 0.25) is 0 Å². The van der Waals surface area contributed by atoms with Crippen molar-refractivity contribution in [2.75, 3.05) is 0 Å². The van der Waals surface area contributed by atoms with Gasteiger partial charge >= 0.3 is 0 Å². The SMILES string of the molecule is Cc1ccc2oc(Cc3nc4cc(S(=O)(=O)O)ccc4o3)nc2c1. The van der Waals surface area contributed by atoms with Crippen molar-refractivity contribution in [3.8, 4) is 0 Å². The van der Waals surface area contributed by atoms with Crippen molar-refractivity contribution in [2.24, 2.45) is 0 Å². The Hall–Kier alpha value is -2.71. The maximum atomic E-state index is 11.2. The van der Waals surface area contributed by atoms with E-state index in [9.17, 15) is 8.42 Å². The van der Waals surface area contributed by atoms with Gasteiger partial charge in [-0.25, -0.2) is 9.97 Å². The van der Waals surface area contributed by atoms with Crippen molar-refractivity contribution in [1.82, 2.24) is 9.97 Å². The van der Waals surface area contributed by atoms with Crippen LogP contribution in [0, 0.1) is 6.92 Å². The van der Waals surface area contributed by atoms with Gasteiger partial charge in [-0.3, -0.25) is 4.55 Å². The van der Waals surface area contributed by atoms with Crippen LogP contribution < -0.4 is 0 Å². The van der Waals surface area contributed by atoms with Gasteiger partial charge in [0, 0.05) is 0 Å². The van der Waals surface area contributed by atoms with E-state index in [2.05, 4.69) is 9.97 Å². The number of nitrogens with zero attached hydrogens (tertiary/aromatic N) is 2. The van der Waals surface area contributed by atoms with E-state index in [-0.39, 0.29) is 11.3 Å². The Morgan fingerprint density at radius 2 is 1.54 bits per heavy atom. The first-order valence-electron chi connectivity index (χ1n) is 7.11. The van der Waals surface area contributed by atoms with Gasteiger partial charge in [0.15, 0.2) is 11.2 Å². The standard InChI is InChI=1S/C16H12N2O5S/c1-9-2-4-13-11(6-9)17-15(22-13)8-16-18-12-7-10(24(19,20)21)3-5-14(12)23-16/h2-7H,8H2,1H3,(H,19,20,21). The summed E-state index contributed by atoms with van der Waals surface area (Å²) in [4.78, 5) is 8.39. The monoisotopic (exact) mass is 344 g/mol. The minimum absolute atomic E-state index is 0.229. The Bertz CT molecular complexity index is 1170. The second kappa shape index (κ2) is 5.15. The van der Waals surface area contributed by atoms with Crippen LogP contribution in [-0.4, -0.2) is 22.9 Å². The van der Waals surface area contributed by atoms with Gasteiger partial charge in [0.05, 0.1) is 4.90 Å². The van der Waals surface area contributed by atoms with E-state index in [1.165, 1.54) is 18.2 Å². The molecule has 0 amide bonds. The van der Waals surface area contributed by atoms with Crippen molar-refractivity contribution >= 4 is 32.3 Å². The molecule has 0 bridgehead atoms. The van der Waals surface area contributed by atoms with Gasteiger partial charge in [0.1, 0.15) is 17.5 Å². The maximum absolute atomic E-state index is 11.2. The molecule has 0 aliphatic carbocycles. The third kappa shape index (κ3) is 2.66. The lowest BCUT2D eigenvalue weighted by molar-refractivity contribution is 0.483. The predicted molar refractivity (Wildman–Crippen MR) is 85.4 cm³/mol. The third-order valence-corrected chi connectivity index (χ3v) is 4.44. The maximum Gasteiger partial charge on any atom is 0.294 e. The molecule has 0 aliphatic heterocycles. The van der Waals surface area contributed by atoms with Crippen LogP contribution in [-0.2, 0) is 16.5 Å². The van der Waals surface area contributed by atoms with Gasteiger partial charge in [-0.1, -0.05) is 6.07 Å². The van der Waals surface area contributed by atoms with Gasteiger partial charge in [-0.05, 0) is 42.8 Å². The summed E-state index contributed by atoms with van der Waals surface area (Å²) in [6, 6.07) is 9.68. The van der Waals surface area contributed by atoms with Crippen LogP contribution in [0.3, 0.4) is 0 Å². The predicted octanol–water partition coefficient (Wildman–Crippen LogP) is 3.11. The largest absolute Gasteiger partial charge is 0.440 e. The van der Waals surface area contributed by atoms with E-state index < -0.39 is 10.1 Å². The number of rotatable bonds is 3. The molecule has 1 N–H and O–H groups in total. The highest BCUT2D eigenvalue weighted by Gasteiger charge is 2.15. The quantitative estimate of drug-likeness (QED) is 0.569. The van der Waals surface area contributed by atoms with Gasteiger partial charge < -0.3 is 8.83 Å². The van der Waals surface area contributed by atoms with Crippen LogP contribution >= 0.6 is 0 Å². The molecule has 0 saturated carbocycles. The van der Waals surface area contributed by atoms with Crippen molar-refractivity contribution in [3.05, 3.63) is 53.7 Å². The zero-order valence-electron chi connectivity index (χ0n) is 12.6. The number of aryl methyl sites for hydroxylation is 1. The molecule has 7 nitrogen and oxygen atoms in total. The minimum Gasteiger partial charge on any atom is -0.440 e. The fourth-order valence-corrected chi connectivity index (χ4v) is 2.98. The number of aromatic nitrogens is 2. The van der Waals surface area contributed by atoms with E-state index in [1.807, 2.05) is 25.1 Å². The highest BCUT2D eigenvalue weighted by molar-refractivity contribution is 7.85. The fraction of sp³-hybridized carbons (Fsp3) is 0.125. The smallest absolute Gasteiger partial charge is 0.294 e. The number of hydrogen-bond acceptors (Lipinski definition) is 6. The molecule has 2 aromatic carbocycles. The van der Waals surface area contributed by atoms with Gasteiger partial charge in [0.25, 0.3) is 10.1 Å². The number of fused-ring (bicyclic) bond motifs is 2. The van der Waals surface area contributed by atoms with Crippen LogP contribution in [0.5, 0.6) is 0 Å². The molecular weight excluding hydrogens is 332 g/mol. The Labute approximate surface area is 136 Å². The zero-order chi connectivity index (χ0) is 16.9. The molecule has 2 aromatic heterocycles. The fourth-order valence-electron chi connectivity index (χ4n) is 2.48. The van der Waals surface area contributed by atoms with E-state index >= 15 is 0 Å². The van der Waals surface area contributed by atoms with Crippen molar-refractivity contribution in [3.63, 3.8) is 0 Å². The normalized spacial score (nSPS) is 12.2. The lowest BCUT2D eigenvalue weighted by atomic mass is 10.2. The van der Waals surface area contributed by atoms with Crippen molar-refractivity contribution in [1.29, 1.82) is 0 Å². The number of benzene rings is 2. The number of hydrogen-bond donors (Lipinski definition) is 1. The van der Waals surface area contributed by atoms with Gasteiger partial charge in [-0.2, -0.15) is 8.42 Å². The van der Waals surface area contributed by atoms with Crippen molar-refractivity contribution in [2.45, 2.75) is 18.2 Å². The molecule has 122 valence electrons. The summed E-state index contributed by atoms with van der Waals surface area (Å²) in [5.41, 5.74) is 3.29. The average Bonchev–Trinajstić information content (AvgIpc) is 3.07. The molecule has 0 aliphatic rings. The van der Waals surface area contributed by atoms with Gasteiger partial charge in [-0.15, -0.1) is 0 Å². The molecule has 0 atom stereocenters. The molecule has 0 fully saturated rings. The molecule has 0 saturated heterocycles. The van der Waals surface area contributed by atoms with Crippen molar-refractivity contribution < 1.29 is 21.8 Å². The summed E-state index contributed by atoms with van der Waals surface area (Å²) in [6.07, 6.45) is 0.240. The van der Waals surface area contributed by atoms with E-state index in [4.69, 9.17) is 13.4 Å². The molecule has 8 heteroatoms.